The van der Waals surface area contributed by atoms with E-state index < -0.39 is 10.8 Å². The van der Waals surface area contributed by atoms with E-state index in [9.17, 15) is 14.9 Å². The van der Waals surface area contributed by atoms with Crippen molar-refractivity contribution >= 4 is 17.8 Å². The van der Waals surface area contributed by atoms with Crippen LogP contribution in [0.3, 0.4) is 0 Å². The van der Waals surface area contributed by atoms with Gasteiger partial charge in [-0.3, -0.25) is 14.9 Å². The van der Waals surface area contributed by atoms with E-state index in [0.717, 1.165) is 16.6 Å². The monoisotopic (exact) mass is 395 g/mol. The zero-order valence-electron chi connectivity index (χ0n) is 14.8. The third kappa shape index (κ3) is 4.00. The number of hydrazone groups is 1. The number of amides is 1. The zero-order chi connectivity index (χ0) is 20.2. The highest BCUT2D eigenvalue weighted by Gasteiger charge is 2.22. The maximum absolute atomic E-state index is 12.0. The molecule has 0 saturated heterocycles. The fourth-order valence-corrected chi connectivity index (χ4v) is 2.56. The van der Waals surface area contributed by atoms with E-state index in [-0.39, 0.29) is 30.3 Å². The molecule has 12 nitrogen and oxygen atoms in total. The number of benzene rings is 2. The van der Waals surface area contributed by atoms with Gasteiger partial charge in [-0.2, -0.15) is 9.90 Å². The third-order valence-corrected chi connectivity index (χ3v) is 3.88. The van der Waals surface area contributed by atoms with Crippen LogP contribution in [0.5, 0.6) is 11.5 Å². The molecule has 0 spiro atoms. The van der Waals surface area contributed by atoms with Crippen LogP contribution in [0.4, 0.5) is 5.69 Å². The fourth-order valence-electron chi connectivity index (χ4n) is 2.56. The molecule has 0 fully saturated rings. The van der Waals surface area contributed by atoms with Crippen molar-refractivity contribution in [1.29, 1.82) is 0 Å². The van der Waals surface area contributed by atoms with Gasteiger partial charge in [-0.15, -0.1) is 10.2 Å². The Balaban J connectivity index is 1.41. The molecule has 4 rings (SSSR count). The molecular formula is C17H13N7O5. The largest absolute Gasteiger partial charge is 0.454 e. The molecule has 29 heavy (non-hydrogen) atoms. The van der Waals surface area contributed by atoms with E-state index in [1.54, 1.807) is 0 Å². The molecule has 1 aliphatic heterocycles. The minimum absolute atomic E-state index is 0.0142. The van der Waals surface area contributed by atoms with Crippen LogP contribution in [0.25, 0.3) is 11.4 Å². The van der Waals surface area contributed by atoms with Gasteiger partial charge in [-0.25, -0.2) is 5.43 Å². The number of nitro groups is 1. The lowest BCUT2D eigenvalue weighted by Gasteiger charge is -2.01. The molecule has 0 radical (unpaired) electrons. The number of hydrogen-bond acceptors (Lipinski definition) is 9. The van der Waals surface area contributed by atoms with Gasteiger partial charge in [0.15, 0.2) is 11.5 Å². The van der Waals surface area contributed by atoms with E-state index in [1.807, 2.05) is 30.3 Å². The van der Waals surface area contributed by atoms with E-state index in [1.165, 1.54) is 12.1 Å². The molecule has 146 valence electrons. The molecule has 1 amide bonds. The van der Waals surface area contributed by atoms with Crippen molar-refractivity contribution < 1.29 is 19.2 Å². The smallest absolute Gasteiger partial charge is 0.282 e. The second-order valence-corrected chi connectivity index (χ2v) is 5.82. The van der Waals surface area contributed by atoms with Gasteiger partial charge in [0.1, 0.15) is 6.54 Å². The second kappa shape index (κ2) is 7.72. The Kier molecular flexibility index (Phi) is 4.80. The maximum atomic E-state index is 12.0. The third-order valence-electron chi connectivity index (χ3n) is 3.88. The molecule has 2 aromatic carbocycles. The van der Waals surface area contributed by atoms with Crippen LogP contribution in [-0.2, 0) is 11.3 Å². The van der Waals surface area contributed by atoms with Gasteiger partial charge in [-0.05, 0) is 11.3 Å². The lowest BCUT2D eigenvalue weighted by molar-refractivity contribution is -0.385. The highest BCUT2D eigenvalue weighted by Crippen LogP contribution is 2.37. The SMILES string of the molecule is O=C(Cn1nnc(-c2ccccc2)n1)N/N=C/c1cc2c(cc1[N+](=O)[O-])OCO2. The first kappa shape index (κ1) is 18.0. The summed E-state index contributed by atoms with van der Waals surface area (Å²) < 4.78 is 10.3. The Labute approximate surface area is 162 Å². The summed E-state index contributed by atoms with van der Waals surface area (Å²) >= 11 is 0. The molecule has 2 heterocycles. The topological polar surface area (TPSA) is 147 Å². The molecule has 0 bridgehead atoms. The number of nitrogens with one attached hydrogen (secondary N) is 1. The van der Waals surface area contributed by atoms with Crippen molar-refractivity contribution in [2.45, 2.75) is 6.54 Å². The number of nitrogens with zero attached hydrogens (tertiary/aromatic N) is 6. The zero-order valence-corrected chi connectivity index (χ0v) is 14.8. The summed E-state index contributed by atoms with van der Waals surface area (Å²) in [5.41, 5.74) is 2.97. The molecule has 12 heteroatoms. The lowest BCUT2D eigenvalue weighted by Crippen LogP contribution is -2.24. The number of rotatable bonds is 6. The quantitative estimate of drug-likeness (QED) is 0.371. The van der Waals surface area contributed by atoms with E-state index >= 15 is 0 Å². The Morgan fingerprint density at radius 2 is 2.03 bits per heavy atom. The summed E-state index contributed by atoms with van der Waals surface area (Å²) in [6, 6.07) is 11.9. The first-order valence-electron chi connectivity index (χ1n) is 8.33. The second-order valence-electron chi connectivity index (χ2n) is 5.82. The summed E-state index contributed by atoms with van der Waals surface area (Å²) in [5, 5.41) is 26.8. The number of tetrazole rings is 1. The number of carbonyl (C=O) groups excluding carboxylic acids is 1. The highest BCUT2D eigenvalue weighted by molar-refractivity contribution is 5.88. The number of hydrogen-bond donors (Lipinski definition) is 1. The van der Waals surface area contributed by atoms with Crippen molar-refractivity contribution in [3.8, 4) is 22.9 Å². The fraction of sp³-hybridized carbons (Fsp3) is 0.118. The van der Waals surface area contributed by atoms with Crippen molar-refractivity contribution in [2.24, 2.45) is 5.10 Å². The van der Waals surface area contributed by atoms with Crippen LogP contribution >= 0.6 is 0 Å². The summed E-state index contributed by atoms with van der Waals surface area (Å²) in [4.78, 5) is 23.8. The van der Waals surface area contributed by atoms with Crippen LogP contribution in [0, 0.1) is 10.1 Å². The number of ether oxygens (including phenoxy) is 2. The van der Waals surface area contributed by atoms with E-state index in [2.05, 4.69) is 25.9 Å². The minimum atomic E-state index is -0.574. The van der Waals surface area contributed by atoms with Gasteiger partial charge < -0.3 is 9.47 Å². The molecule has 0 atom stereocenters. The van der Waals surface area contributed by atoms with Crippen molar-refractivity contribution in [2.75, 3.05) is 6.79 Å². The van der Waals surface area contributed by atoms with E-state index in [0.29, 0.717) is 11.6 Å². The van der Waals surface area contributed by atoms with Crippen LogP contribution in [-0.4, -0.2) is 44.0 Å². The highest BCUT2D eigenvalue weighted by atomic mass is 16.7. The van der Waals surface area contributed by atoms with Gasteiger partial charge in [0, 0.05) is 5.56 Å². The van der Waals surface area contributed by atoms with Crippen LogP contribution in [0.2, 0.25) is 0 Å². The average Bonchev–Trinajstić information content (AvgIpc) is 3.37. The Hall–Kier alpha value is -4.35. The van der Waals surface area contributed by atoms with Gasteiger partial charge in [-0.1, -0.05) is 30.3 Å². The molecule has 3 aromatic rings. The summed E-state index contributed by atoms with van der Waals surface area (Å²) in [7, 11) is 0. The maximum Gasteiger partial charge on any atom is 0.282 e. The average molecular weight is 395 g/mol. The molecule has 1 aliphatic rings. The Morgan fingerprint density at radius 3 is 2.79 bits per heavy atom. The molecule has 0 aliphatic carbocycles. The van der Waals surface area contributed by atoms with Crippen molar-refractivity contribution in [3.63, 3.8) is 0 Å². The molecule has 1 aromatic heterocycles. The summed E-state index contributed by atoms with van der Waals surface area (Å²) in [6.07, 6.45) is 1.15. The predicted molar refractivity (Wildman–Crippen MR) is 98.2 cm³/mol. The molecule has 0 unspecified atom stereocenters. The molecule has 1 N–H and O–H groups in total. The normalized spacial score (nSPS) is 12.3. The van der Waals surface area contributed by atoms with Crippen LogP contribution < -0.4 is 14.9 Å². The van der Waals surface area contributed by atoms with Gasteiger partial charge in [0.05, 0.1) is 22.8 Å². The van der Waals surface area contributed by atoms with Gasteiger partial charge >= 0.3 is 0 Å². The van der Waals surface area contributed by atoms with Crippen molar-refractivity contribution in [1.82, 2.24) is 25.6 Å². The van der Waals surface area contributed by atoms with Crippen molar-refractivity contribution in [3.05, 3.63) is 58.1 Å². The first-order chi connectivity index (χ1) is 14.1. The first-order valence-corrected chi connectivity index (χ1v) is 8.33. The molecule has 0 saturated carbocycles. The molecular weight excluding hydrogens is 382 g/mol. The number of nitro benzene ring substituents is 1. The predicted octanol–water partition coefficient (Wildman–Crippen LogP) is 1.13. The van der Waals surface area contributed by atoms with Gasteiger partial charge in [0.25, 0.3) is 11.6 Å². The lowest BCUT2D eigenvalue weighted by atomic mass is 10.1. The number of carbonyl (C=O) groups is 1. The van der Waals surface area contributed by atoms with Crippen LogP contribution in [0.15, 0.2) is 47.6 Å². The van der Waals surface area contributed by atoms with E-state index in [4.69, 9.17) is 9.47 Å². The number of aromatic nitrogens is 4. The van der Waals surface area contributed by atoms with Crippen LogP contribution in [0.1, 0.15) is 5.56 Å². The summed E-state index contributed by atoms with van der Waals surface area (Å²) in [6.45, 7) is -0.236. The standard InChI is InChI=1S/C17H13N7O5/c25-16(9-23-21-17(20-22-23)11-4-2-1-3-5-11)19-18-8-12-6-14-15(29-10-28-14)7-13(12)24(26)27/h1-8H,9-10H2,(H,19,25)/b18-8+. The minimum Gasteiger partial charge on any atom is -0.454 e. The number of fused-ring (bicyclic) bond motifs is 1. The Bertz CT molecular complexity index is 1100. The van der Waals surface area contributed by atoms with Gasteiger partial charge in [0.2, 0.25) is 12.6 Å². The Morgan fingerprint density at radius 1 is 1.28 bits per heavy atom. The summed E-state index contributed by atoms with van der Waals surface area (Å²) in [5.74, 6) is 0.507.